The van der Waals surface area contributed by atoms with Crippen LogP contribution in [0.5, 0.6) is 5.75 Å². The van der Waals surface area contributed by atoms with Crippen molar-refractivity contribution in [3.8, 4) is 5.75 Å². The Bertz CT molecular complexity index is 875. The number of hydrogen-bond donors (Lipinski definition) is 7. The predicted molar refractivity (Wildman–Crippen MR) is 143 cm³/mol. The maximum atomic E-state index is 10.6. The van der Waals surface area contributed by atoms with E-state index in [2.05, 4.69) is 0 Å². The highest BCUT2D eigenvalue weighted by atomic mass is 16.8. The minimum atomic E-state index is -1.21. The quantitative estimate of drug-likeness (QED) is 0.126. The van der Waals surface area contributed by atoms with E-state index in [4.69, 9.17) is 40.4 Å². The number of carboxylic acid groups (broad SMARTS) is 1. The van der Waals surface area contributed by atoms with Gasteiger partial charge < -0.3 is 50.6 Å². The minimum Gasteiger partial charge on any atom is -0.488 e. The Morgan fingerprint density at radius 1 is 1.05 bits per heavy atom. The van der Waals surface area contributed by atoms with E-state index in [1.807, 2.05) is 48.6 Å². The van der Waals surface area contributed by atoms with Crippen molar-refractivity contribution >= 4 is 5.97 Å². The molecular formula is C28H43NO10. The zero-order chi connectivity index (χ0) is 28.7. The smallest absolute Gasteiger partial charge is 0.303 e. The van der Waals surface area contributed by atoms with Crippen LogP contribution in [0.1, 0.15) is 32.1 Å². The molecule has 0 radical (unpaired) electrons. The van der Waals surface area contributed by atoms with Gasteiger partial charge in [-0.05, 0) is 43.4 Å². The Kier molecular flexibility index (Phi) is 14.1. The summed E-state index contributed by atoms with van der Waals surface area (Å²) in [5.41, 5.74) is 3.94. The second kappa shape index (κ2) is 16.7. The van der Waals surface area contributed by atoms with E-state index in [-0.39, 0.29) is 24.9 Å². The highest BCUT2D eigenvalue weighted by Gasteiger charge is 2.41. The van der Waals surface area contributed by atoms with Crippen molar-refractivity contribution in [2.45, 2.75) is 55.6 Å². The lowest BCUT2D eigenvalue weighted by molar-refractivity contribution is -0.139. The molecule has 11 nitrogen and oxygen atoms in total. The molecule has 1 saturated heterocycles. The van der Waals surface area contributed by atoms with Crippen LogP contribution >= 0.6 is 0 Å². The van der Waals surface area contributed by atoms with E-state index < -0.39 is 49.3 Å². The fourth-order valence-corrected chi connectivity index (χ4v) is 4.26. The molecule has 1 aliphatic heterocycles. The Labute approximate surface area is 229 Å². The number of aliphatic carboxylic acids is 1. The van der Waals surface area contributed by atoms with Crippen molar-refractivity contribution in [1.29, 1.82) is 0 Å². The summed E-state index contributed by atoms with van der Waals surface area (Å²) in [6, 6.07) is 9.43. The fourth-order valence-electron chi connectivity index (χ4n) is 4.26. The van der Waals surface area contributed by atoms with E-state index in [1.54, 1.807) is 6.08 Å². The number of nitrogens with two attached hydrogens (primary N) is 1. The Morgan fingerprint density at radius 3 is 2.26 bits per heavy atom. The molecular weight excluding hydrogens is 510 g/mol. The van der Waals surface area contributed by atoms with Gasteiger partial charge in [-0.1, -0.05) is 36.4 Å². The molecule has 1 heterocycles. The van der Waals surface area contributed by atoms with Crippen LogP contribution in [0.15, 0.2) is 54.6 Å². The number of aliphatic hydroxyl groups is 5. The monoisotopic (exact) mass is 553 g/mol. The van der Waals surface area contributed by atoms with E-state index in [9.17, 15) is 15.0 Å². The number of benzene rings is 1. The molecule has 2 aliphatic rings. The maximum Gasteiger partial charge on any atom is 0.303 e. The zero-order valence-electron chi connectivity index (χ0n) is 22.2. The first-order valence-electron chi connectivity index (χ1n) is 13.2. The molecule has 1 saturated carbocycles. The molecule has 2 fully saturated rings. The van der Waals surface area contributed by atoms with Crippen LogP contribution in [0.2, 0.25) is 0 Å². The van der Waals surface area contributed by atoms with Gasteiger partial charge in [0.2, 0.25) is 5.79 Å². The standard InChI is InChI=1S/C24H32O7.C4H11NO3/c25-21-16-22(26)20(19(21)10-6-1-2-7-11-23(27)28)12-13-24(30-14-15-31-24)17-29-18-8-4-3-5-9-18;5-4(1-6,2-7)3-8/h1,3-6,8-9,12-13,19-22,25-26H,2,7,10-11,14-17H2,(H,27,28);6-8H,1-3,5H2. The third kappa shape index (κ3) is 11.0. The SMILES string of the molecule is NC(CO)(CO)CO.O=C(O)CCCC=CCC1C(O)CC(O)C1C=CC1(COc2ccccc2)OCCO1. The molecule has 4 unspecified atom stereocenters. The van der Waals surface area contributed by atoms with Crippen molar-refractivity contribution in [2.24, 2.45) is 17.6 Å². The van der Waals surface area contributed by atoms with Gasteiger partial charge in [0.05, 0.1) is 50.8 Å². The van der Waals surface area contributed by atoms with E-state index >= 15 is 0 Å². The molecule has 8 N–H and O–H groups in total. The molecule has 1 aromatic rings. The molecule has 11 heteroatoms. The van der Waals surface area contributed by atoms with Gasteiger partial charge >= 0.3 is 5.97 Å². The summed E-state index contributed by atoms with van der Waals surface area (Å²) >= 11 is 0. The van der Waals surface area contributed by atoms with Gasteiger partial charge in [-0.15, -0.1) is 0 Å². The van der Waals surface area contributed by atoms with Crippen molar-refractivity contribution in [3.05, 3.63) is 54.6 Å². The third-order valence-corrected chi connectivity index (χ3v) is 6.73. The molecule has 1 aliphatic carbocycles. The topological polar surface area (TPSA) is 192 Å². The summed E-state index contributed by atoms with van der Waals surface area (Å²) in [5, 5.41) is 54.6. The number of para-hydroxylation sites is 1. The van der Waals surface area contributed by atoms with Crippen LogP contribution in [0.25, 0.3) is 0 Å². The predicted octanol–water partition coefficient (Wildman–Crippen LogP) is 0.585. The second-order valence-corrected chi connectivity index (χ2v) is 9.91. The Morgan fingerprint density at radius 2 is 1.69 bits per heavy atom. The molecule has 1 aromatic carbocycles. The lowest BCUT2D eigenvalue weighted by Gasteiger charge is -2.26. The van der Waals surface area contributed by atoms with Crippen LogP contribution in [-0.2, 0) is 14.3 Å². The van der Waals surface area contributed by atoms with E-state index in [0.717, 1.165) is 5.75 Å². The number of carboxylic acids is 1. The Balaban J connectivity index is 0.000000580. The first-order valence-corrected chi connectivity index (χ1v) is 13.2. The average Bonchev–Trinajstić information content (AvgIpc) is 3.52. The molecule has 39 heavy (non-hydrogen) atoms. The normalized spacial score (nSPS) is 24.7. The number of hydrogen-bond acceptors (Lipinski definition) is 10. The number of aliphatic hydroxyl groups excluding tert-OH is 5. The van der Waals surface area contributed by atoms with Gasteiger partial charge in [0.15, 0.2) is 0 Å². The number of carbonyl (C=O) groups is 1. The first-order chi connectivity index (χ1) is 18.7. The van der Waals surface area contributed by atoms with Gasteiger partial charge in [-0.3, -0.25) is 4.79 Å². The number of rotatable bonds is 14. The summed E-state index contributed by atoms with van der Waals surface area (Å²) in [4.78, 5) is 10.6. The summed E-state index contributed by atoms with van der Waals surface area (Å²) in [7, 11) is 0. The lowest BCUT2D eigenvalue weighted by atomic mass is 9.89. The molecule has 4 atom stereocenters. The van der Waals surface area contributed by atoms with E-state index in [0.29, 0.717) is 38.9 Å². The summed E-state index contributed by atoms with van der Waals surface area (Å²) in [5.74, 6) is -1.46. The molecule has 0 amide bonds. The number of ether oxygens (including phenoxy) is 3. The maximum absolute atomic E-state index is 10.6. The summed E-state index contributed by atoms with van der Waals surface area (Å²) in [6.07, 6.45) is 8.68. The molecule has 3 rings (SSSR count). The number of allylic oxidation sites excluding steroid dienone is 2. The van der Waals surface area contributed by atoms with Crippen LogP contribution in [0.3, 0.4) is 0 Å². The second-order valence-electron chi connectivity index (χ2n) is 9.91. The average molecular weight is 554 g/mol. The van der Waals surface area contributed by atoms with E-state index in [1.165, 1.54) is 0 Å². The molecule has 0 bridgehead atoms. The van der Waals surface area contributed by atoms with Crippen LogP contribution in [0, 0.1) is 11.8 Å². The molecule has 0 aromatic heterocycles. The van der Waals surface area contributed by atoms with Crippen LogP contribution in [0.4, 0.5) is 0 Å². The largest absolute Gasteiger partial charge is 0.488 e. The summed E-state index contributed by atoms with van der Waals surface area (Å²) in [6.45, 7) is -0.102. The van der Waals surface area contributed by atoms with Gasteiger partial charge in [-0.2, -0.15) is 0 Å². The van der Waals surface area contributed by atoms with Crippen LogP contribution < -0.4 is 10.5 Å². The van der Waals surface area contributed by atoms with Crippen molar-refractivity contribution in [1.82, 2.24) is 0 Å². The Hall–Kier alpha value is -2.35. The molecule has 220 valence electrons. The van der Waals surface area contributed by atoms with Crippen molar-refractivity contribution in [3.63, 3.8) is 0 Å². The summed E-state index contributed by atoms with van der Waals surface area (Å²) < 4.78 is 17.5. The minimum absolute atomic E-state index is 0.129. The zero-order valence-corrected chi connectivity index (χ0v) is 22.2. The fraction of sp³-hybridized carbons (Fsp3) is 0.607. The molecule has 0 spiro atoms. The van der Waals surface area contributed by atoms with Crippen molar-refractivity contribution in [2.75, 3.05) is 39.6 Å². The lowest BCUT2D eigenvalue weighted by Crippen LogP contribution is -2.50. The highest BCUT2D eigenvalue weighted by molar-refractivity contribution is 5.66. The first kappa shape index (κ1) is 32.9. The van der Waals surface area contributed by atoms with Crippen molar-refractivity contribution < 1.29 is 49.6 Å². The number of unbranched alkanes of at least 4 members (excludes halogenated alkanes) is 1. The van der Waals surface area contributed by atoms with Gasteiger partial charge in [0, 0.05) is 18.8 Å². The van der Waals surface area contributed by atoms with Gasteiger partial charge in [0.1, 0.15) is 12.4 Å². The van der Waals surface area contributed by atoms with Crippen LogP contribution in [-0.4, -0.2) is 99.8 Å². The van der Waals surface area contributed by atoms with Gasteiger partial charge in [-0.25, -0.2) is 0 Å². The third-order valence-electron chi connectivity index (χ3n) is 6.73. The van der Waals surface area contributed by atoms with Gasteiger partial charge in [0.25, 0.3) is 0 Å². The highest BCUT2D eigenvalue weighted by Crippen LogP contribution is 2.37.